The standard InChI is InChI=1S/C48H44N2O2.C32H28N4O4/c1-31-7-13-37(14-8-31)29-49(43-25-11-33(3)27-35(43)5)41-21-17-39(18-22-41)45-47(51)46(48(45)52)40-19-23-42(24-20-40)50(30-38-15-9-32(2)10-16-38)44-26-12-34(4)28-36(44)6;37-29-25-3-1-4-26(15-25)30(38)34-18-22-9-13-24(14-10-22)20-36-32(40)28-6-2-5-27(16-28)31(39)35-19-23-11-7-21(8-12-23)17-33-29/h7-28H,29-30H2,1-6H3;1-16H,17-20H2,(H,33,37)(H,34,38)(H,35,39)(H,36,40). The third-order valence-electron chi connectivity index (χ3n) is 16.7. The van der Waals surface area contributed by atoms with Crippen LogP contribution in [-0.2, 0) is 44.1 Å². The monoisotopic (exact) mass is 1210 g/mol. The van der Waals surface area contributed by atoms with Crippen LogP contribution in [0.1, 0.15) is 114 Å². The van der Waals surface area contributed by atoms with Crippen LogP contribution in [0.4, 0.5) is 17.1 Å². The molecule has 12 heteroatoms. The lowest BCUT2D eigenvalue weighted by Gasteiger charge is -2.33. The van der Waals surface area contributed by atoms with Gasteiger partial charge >= 0.3 is 0 Å². The summed E-state index contributed by atoms with van der Waals surface area (Å²) in [4.78, 5) is 66.9. The summed E-state index contributed by atoms with van der Waals surface area (Å²) in [6, 6.07) is 66.2. The van der Waals surface area contributed by atoms with Gasteiger partial charge in [0.25, 0.3) is 23.6 Å². The number of aryl methyl sites for hydroxylation is 6. The topological polar surface area (TPSA) is 163 Å². The van der Waals surface area contributed by atoms with Gasteiger partial charge in [0.2, 0.25) is 11.4 Å². The Morgan fingerprint density at radius 2 is 0.815 bits per heavy atom. The molecule has 6 aliphatic rings. The van der Waals surface area contributed by atoms with E-state index in [2.05, 4.69) is 157 Å². The SMILES string of the molecule is Cc1ccc(CN(c2ccc(C3=C([O-])C(=C4C=CC(=[N+](Cc5ccc(C)cc5)c5ccc(C)cc5C)C=C4)C3=O)cc2)c2ccc(C)cc2C)cc1.O=C1NCc2ccc(cc2)CNC(=O)c2cccc(c2)C(=O)NCc2ccc(cc2)CNC(=O)c2cccc1c2. The number of Topliss-reactive ketones (excluding diaryl/α,β-unsaturated/α-hetero) is 1. The molecule has 0 aromatic heterocycles. The van der Waals surface area contributed by atoms with Crippen molar-refractivity contribution in [2.45, 2.75) is 80.8 Å². The Bertz CT molecular complexity index is 4230. The number of amides is 4. The van der Waals surface area contributed by atoms with Gasteiger partial charge in [-0.15, -0.1) is 0 Å². The first-order valence-electron chi connectivity index (χ1n) is 30.8. The molecule has 0 fully saturated rings. The molecule has 0 saturated carbocycles. The summed E-state index contributed by atoms with van der Waals surface area (Å²) in [7, 11) is 0. The van der Waals surface area contributed by atoms with Gasteiger partial charge in [0.15, 0.2) is 12.3 Å². The van der Waals surface area contributed by atoms with E-state index in [0.717, 1.165) is 45.0 Å². The Balaban J connectivity index is 0.000000195. The number of benzene rings is 9. The fourth-order valence-corrected chi connectivity index (χ4v) is 11.4. The summed E-state index contributed by atoms with van der Waals surface area (Å²) in [6.07, 6.45) is 7.83. The van der Waals surface area contributed by atoms with Crippen molar-refractivity contribution in [1.29, 1.82) is 0 Å². The fourth-order valence-electron chi connectivity index (χ4n) is 11.4. The first-order valence-corrected chi connectivity index (χ1v) is 30.8. The van der Waals surface area contributed by atoms with Crippen LogP contribution in [0.3, 0.4) is 0 Å². The van der Waals surface area contributed by atoms with Crippen LogP contribution in [0.25, 0.3) is 5.57 Å². The van der Waals surface area contributed by atoms with E-state index < -0.39 is 0 Å². The molecule has 9 aromatic rings. The molecule has 0 unspecified atom stereocenters. The number of carbonyl (C=O) groups excluding carboxylic acids is 5. The van der Waals surface area contributed by atoms with Crippen LogP contribution in [0.2, 0.25) is 0 Å². The van der Waals surface area contributed by atoms with Crippen LogP contribution < -0.4 is 31.3 Å². The van der Waals surface area contributed by atoms with E-state index in [1.807, 2.05) is 97.1 Å². The van der Waals surface area contributed by atoms with Crippen molar-refractivity contribution in [3.05, 3.63) is 342 Å². The zero-order valence-electron chi connectivity index (χ0n) is 52.5. The predicted molar refractivity (Wildman–Crippen MR) is 363 cm³/mol. The number of hydrogen-bond acceptors (Lipinski definition) is 7. The molecule has 458 valence electrons. The Morgan fingerprint density at radius 1 is 0.402 bits per heavy atom. The molecule has 12 nitrogen and oxygen atoms in total. The van der Waals surface area contributed by atoms with E-state index in [1.165, 1.54) is 44.5 Å². The number of carbonyl (C=O) groups is 5. The van der Waals surface area contributed by atoms with Crippen LogP contribution in [0, 0.1) is 41.5 Å². The highest BCUT2D eigenvalue weighted by Crippen LogP contribution is 2.39. The summed E-state index contributed by atoms with van der Waals surface area (Å²) < 4.78 is 2.29. The molecule has 0 saturated heterocycles. The van der Waals surface area contributed by atoms with Crippen molar-refractivity contribution in [1.82, 2.24) is 21.3 Å². The molecule has 0 radical (unpaired) electrons. The Hall–Kier alpha value is -11.2. The quantitative estimate of drug-likeness (QED) is 0.0869. The van der Waals surface area contributed by atoms with Crippen molar-refractivity contribution >= 4 is 57.8 Å². The molecule has 4 amide bonds. The highest BCUT2D eigenvalue weighted by atomic mass is 16.3. The van der Waals surface area contributed by atoms with Gasteiger partial charge < -0.3 is 31.3 Å². The van der Waals surface area contributed by atoms with Crippen LogP contribution >= 0.6 is 0 Å². The number of ketones is 1. The third kappa shape index (κ3) is 14.9. The zero-order chi connectivity index (χ0) is 64.4. The Labute approximate surface area is 537 Å². The molecule has 8 bridgehead atoms. The molecule has 92 heavy (non-hydrogen) atoms. The second kappa shape index (κ2) is 28.1. The molecule has 15 rings (SSSR count). The minimum absolute atomic E-state index is 0.206. The molecular weight excluding hydrogens is 1140 g/mol. The molecule has 9 aromatic carbocycles. The average Bonchev–Trinajstić information content (AvgIpc) is 0.751. The van der Waals surface area contributed by atoms with Crippen molar-refractivity contribution < 1.29 is 33.7 Å². The van der Waals surface area contributed by atoms with Crippen molar-refractivity contribution in [3.63, 3.8) is 0 Å². The summed E-state index contributed by atoms with van der Waals surface area (Å²) >= 11 is 0. The maximum Gasteiger partial charge on any atom is 0.251 e. The predicted octanol–water partition coefficient (Wildman–Crippen LogP) is 13.7. The van der Waals surface area contributed by atoms with Gasteiger partial charge in [0.05, 0.1) is 0 Å². The normalized spacial score (nSPS) is 14.2. The number of allylic oxidation sites excluding steroid dienone is 7. The zero-order valence-corrected chi connectivity index (χ0v) is 52.5. The van der Waals surface area contributed by atoms with Crippen LogP contribution in [-0.4, -0.2) is 39.7 Å². The number of nitrogens with one attached hydrogen (secondary N) is 4. The highest BCUT2D eigenvalue weighted by Gasteiger charge is 2.31. The summed E-state index contributed by atoms with van der Waals surface area (Å²) in [6.45, 7) is 15.3. The highest BCUT2D eigenvalue weighted by molar-refractivity contribution is 6.39. The lowest BCUT2D eigenvalue weighted by Crippen LogP contribution is -2.30. The fraction of sp³-hybridized carbons (Fsp3) is 0.150. The first kappa shape index (κ1) is 62.4. The van der Waals surface area contributed by atoms with Gasteiger partial charge in [-0.05, 0) is 159 Å². The summed E-state index contributed by atoms with van der Waals surface area (Å²) in [5.41, 5.74) is 20.8. The Kier molecular flexibility index (Phi) is 19.0. The largest absolute Gasteiger partial charge is 0.871 e. The van der Waals surface area contributed by atoms with Crippen LogP contribution in [0.15, 0.2) is 247 Å². The molecule has 4 heterocycles. The smallest absolute Gasteiger partial charge is 0.251 e. The number of rotatable bonds is 8. The number of anilines is 2. The number of nitrogens with zero attached hydrogens (tertiary/aromatic N) is 2. The minimum Gasteiger partial charge on any atom is -0.871 e. The molecule has 4 aliphatic heterocycles. The Morgan fingerprint density at radius 3 is 1.24 bits per heavy atom. The molecule has 0 atom stereocenters. The van der Waals surface area contributed by atoms with E-state index in [9.17, 15) is 29.1 Å². The second-order valence-corrected chi connectivity index (χ2v) is 23.8. The van der Waals surface area contributed by atoms with Gasteiger partial charge in [-0.25, -0.2) is 0 Å². The van der Waals surface area contributed by atoms with Gasteiger partial charge in [-0.3, -0.25) is 24.0 Å². The maximum atomic E-state index is 13.6. The third-order valence-corrected chi connectivity index (χ3v) is 16.7. The maximum absolute atomic E-state index is 13.6. The summed E-state index contributed by atoms with van der Waals surface area (Å²) in [5.74, 6) is -1.53. The molecular formula is C80H72N6O6. The van der Waals surface area contributed by atoms with Crippen molar-refractivity contribution in [2.75, 3.05) is 4.90 Å². The van der Waals surface area contributed by atoms with E-state index in [1.54, 1.807) is 48.5 Å². The van der Waals surface area contributed by atoms with E-state index in [4.69, 9.17) is 0 Å². The molecule has 0 spiro atoms. The average molecular weight is 1210 g/mol. The second-order valence-electron chi connectivity index (χ2n) is 23.8. The number of hydrogen-bond donors (Lipinski definition) is 4. The molecule has 4 N–H and O–H groups in total. The van der Waals surface area contributed by atoms with Gasteiger partial charge in [0, 0.05) is 107 Å². The van der Waals surface area contributed by atoms with Crippen LogP contribution in [0.5, 0.6) is 0 Å². The van der Waals surface area contributed by atoms with Crippen molar-refractivity contribution in [3.8, 4) is 0 Å². The lowest BCUT2D eigenvalue weighted by atomic mass is 9.80. The van der Waals surface area contributed by atoms with Gasteiger partial charge in [-0.1, -0.05) is 168 Å². The van der Waals surface area contributed by atoms with Gasteiger partial charge in [0.1, 0.15) is 0 Å². The van der Waals surface area contributed by atoms with E-state index in [-0.39, 0.29) is 46.3 Å². The molecule has 2 aliphatic carbocycles. The minimum atomic E-state index is -0.280. The van der Waals surface area contributed by atoms with Gasteiger partial charge in [-0.2, -0.15) is 4.58 Å². The summed E-state index contributed by atoms with van der Waals surface area (Å²) in [5, 5.41) is 25.2. The van der Waals surface area contributed by atoms with E-state index >= 15 is 0 Å². The first-order chi connectivity index (χ1) is 44.5. The van der Waals surface area contributed by atoms with E-state index in [0.29, 0.717) is 72.7 Å². The lowest BCUT2D eigenvalue weighted by molar-refractivity contribution is -0.456. The van der Waals surface area contributed by atoms with Crippen molar-refractivity contribution in [2.24, 2.45) is 0 Å².